The zero-order valence-corrected chi connectivity index (χ0v) is 8.57. The number of rotatable bonds is 3. The third kappa shape index (κ3) is 1.36. The van der Waals surface area contributed by atoms with Crippen LogP contribution >= 0.6 is 23.2 Å². The van der Waals surface area contributed by atoms with E-state index in [4.69, 9.17) is 27.9 Å². The van der Waals surface area contributed by atoms with E-state index in [0.717, 1.165) is 12.3 Å². The van der Waals surface area contributed by atoms with Crippen molar-refractivity contribution in [3.63, 3.8) is 0 Å². The fourth-order valence-electron chi connectivity index (χ4n) is 1.96. The monoisotopic (exact) mass is 208 g/mol. The van der Waals surface area contributed by atoms with Crippen LogP contribution in [0.3, 0.4) is 0 Å². The molecule has 3 heteroatoms. The molecular weight excluding hydrogens is 195 g/mol. The molecule has 0 bridgehead atoms. The van der Waals surface area contributed by atoms with Crippen molar-refractivity contribution in [3.8, 4) is 0 Å². The van der Waals surface area contributed by atoms with Crippen molar-refractivity contribution in [1.82, 2.24) is 0 Å². The van der Waals surface area contributed by atoms with Gasteiger partial charge in [0.2, 0.25) is 0 Å². The van der Waals surface area contributed by atoms with Gasteiger partial charge in [0.25, 0.3) is 0 Å². The van der Waals surface area contributed by atoms with E-state index in [-0.39, 0.29) is 5.60 Å². The Kier molecular flexibility index (Phi) is 2.55. The summed E-state index contributed by atoms with van der Waals surface area (Å²) in [4.78, 5) is 0. The summed E-state index contributed by atoms with van der Waals surface area (Å²) in [6.45, 7) is 0. The Morgan fingerprint density at radius 2 is 1.83 bits per heavy atom. The quantitative estimate of drug-likeness (QED) is 0.649. The van der Waals surface area contributed by atoms with Crippen molar-refractivity contribution in [2.45, 2.75) is 37.4 Å². The second-order valence-corrected chi connectivity index (χ2v) is 4.54. The number of ether oxygens (including phenoxy) is 1. The minimum atomic E-state index is -0.177. The minimum absolute atomic E-state index is 0.177. The summed E-state index contributed by atoms with van der Waals surface area (Å²) < 4.78 is 5.77. The Morgan fingerprint density at radius 1 is 1.25 bits per heavy atom. The first-order valence-electron chi connectivity index (χ1n) is 4.59. The molecule has 1 unspecified atom stereocenters. The molecule has 0 aromatic rings. The standard InChI is InChI=1S/C9H14Cl2O/c10-5-9(6-11)4-8(12-9)7-2-1-3-7/h7-8H,1-6H2. The average Bonchev–Trinajstić information content (AvgIpc) is 1.92. The highest BCUT2D eigenvalue weighted by Gasteiger charge is 2.48. The molecule has 1 nitrogen and oxygen atoms in total. The van der Waals surface area contributed by atoms with Gasteiger partial charge in [0.1, 0.15) is 0 Å². The molecule has 0 amide bonds. The highest BCUT2D eigenvalue weighted by molar-refractivity contribution is 6.22. The molecule has 1 aliphatic carbocycles. The van der Waals surface area contributed by atoms with Crippen LogP contribution in [0.2, 0.25) is 0 Å². The van der Waals surface area contributed by atoms with Gasteiger partial charge in [0.15, 0.2) is 0 Å². The maximum absolute atomic E-state index is 5.78. The van der Waals surface area contributed by atoms with Gasteiger partial charge in [-0.3, -0.25) is 0 Å². The highest BCUT2D eigenvalue weighted by Crippen LogP contribution is 2.44. The van der Waals surface area contributed by atoms with Gasteiger partial charge in [-0.2, -0.15) is 0 Å². The van der Waals surface area contributed by atoms with Gasteiger partial charge in [-0.25, -0.2) is 0 Å². The molecule has 0 aromatic heterocycles. The Labute approximate surface area is 83.4 Å². The molecule has 12 heavy (non-hydrogen) atoms. The lowest BCUT2D eigenvalue weighted by Gasteiger charge is -2.51. The van der Waals surface area contributed by atoms with Crippen molar-refractivity contribution in [2.24, 2.45) is 5.92 Å². The number of hydrogen-bond donors (Lipinski definition) is 0. The van der Waals surface area contributed by atoms with E-state index in [1.807, 2.05) is 0 Å². The topological polar surface area (TPSA) is 9.23 Å². The summed E-state index contributed by atoms with van der Waals surface area (Å²) in [6.07, 6.45) is 5.59. The molecule has 1 atom stereocenters. The van der Waals surface area contributed by atoms with Crippen LogP contribution in [0.15, 0.2) is 0 Å². The second kappa shape index (κ2) is 3.36. The third-order valence-corrected chi connectivity index (χ3v) is 4.11. The summed E-state index contributed by atoms with van der Waals surface area (Å²) in [7, 11) is 0. The SMILES string of the molecule is ClCC1(CCl)CC(C2CCC2)O1. The van der Waals surface area contributed by atoms with Crippen LogP contribution in [0.5, 0.6) is 0 Å². The van der Waals surface area contributed by atoms with E-state index in [0.29, 0.717) is 17.9 Å². The Hall–Kier alpha value is 0.540. The summed E-state index contributed by atoms with van der Waals surface area (Å²) in [5.74, 6) is 1.89. The molecule has 0 radical (unpaired) electrons. The van der Waals surface area contributed by atoms with Gasteiger partial charge in [0, 0.05) is 6.42 Å². The minimum Gasteiger partial charge on any atom is -0.369 e. The van der Waals surface area contributed by atoms with E-state index >= 15 is 0 Å². The van der Waals surface area contributed by atoms with Gasteiger partial charge in [-0.05, 0) is 18.8 Å². The van der Waals surface area contributed by atoms with E-state index < -0.39 is 0 Å². The van der Waals surface area contributed by atoms with E-state index in [9.17, 15) is 0 Å². The maximum Gasteiger partial charge on any atom is 0.0980 e. The van der Waals surface area contributed by atoms with E-state index in [1.54, 1.807) is 0 Å². The van der Waals surface area contributed by atoms with Gasteiger partial charge in [-0.15, -0.1) is 23.2 Å². The first-order chi connectivity index (χ1) is 5.79. The van der Waals surface area contributed by atoms with Crippen LogP contribution in [0.1, 0.15) is 25.7 Å². The lowest BCUT2D eigenvalue weighted by atomic mass is 9.74. The van der Waals surface area contributed by atoms with E-state index in [2.05, 4.69) is 0 Å². The van der Waals surface area contributed by atoms with Crippen molar-refractivity contribution in [2.75, 3.05) is 11.8 Å². The number of alkyl halides is 2. The molecule has 0 aromatic carbocycles. The summed E-state index contributed by atoms with van der Waals surface area (Å²) in [5, 5.41) is 0. The van der Waals surface area contributed by atoms with E-state index in [1.165, 1.54) is 19.3 Å². The molecule has 1 aliphatic heterocycles. The van der Waals surface area contributed by atoms with Crippen molar-refractivity contribution in [3.05, 3.63) is 0 Å². The number of hydrogen-bond acceptors (Lipinski definition) is 1. The van der Waals surface area contributed by atoms with Crippen LogP contribution in [-0.2, 0) is 4.74 Å². The zero-order valence-electron chi connectivity index (χ0n) is 7.06. The molecule has 1 saturated carbocycles. The summed E-state index contributed by atoms with van der Waals surface area (Å²) in [6, 6.07) is 0. The molecule has 2 rings (SSSR count). The maximum atomic E-state index is 5.78. The fraction of sp³-hybridized carbons (Fsp3) is 1.00. The Bertz CT molecular complexity index is 156. The lowest BCUT2D eigenvalue weighted by Crippen LogP contribution is -2.57. The predicted octanol–water partition coefficient (Wildman–Crippen LogP) is 2.79. The molecule has 1 heterocycles. The first-order valence-corrected chi connectivity index (χ1v) is 5.66. The largest absolute Gasteiger partial charge is 0.369 e. The smallest absolute Gasteiger partial charge is 0.0980 e. The van der Waals surface area contributed by atoms with Gasteiger partial charge < -0.3 is 4.74 Å². The highest BCUT2D eigenvalue weighted by atomic mass is 35.5. The molecule has 0 spiro atoms. The average molecular weight is 209 g/mol. The van der Waals surface area contributed by atoms with Crippen LogP contribution in [0, 0.1) is 5.92 Å². The zero-order chi connectivity index (χ0) is 8.60. The van der Waals surface area contributed by atoms with Crippen LogP contribution < -0.4 is 0 Å². The van der Waals surface area contributed by atoms with Crippen molar-refractivity contribution in [1.29, 1.82) is 0 Å². The van der Waals surface area contributed by atoms with Crippen molar-refractivity contribution < 1.29 is 4.74 Å². The van der Waals surface area contributed by atoms with Gasteiger partial charge in [0.05, 0.1) is 23.5 Å². The fourth-order valence-corrected chi connectivity index (χ4v) is 2.59. The summed E-state index contributed by atoms with van der Waals surface area (Å²) >= 11 is 11.6. The molecule has 2 fully saturated rings. The van der Waals surface area contributed by atoms with Gasteiger partial charge >= 0.3 is 0 Å². The van der Waals surface area contributed by atoms with Crippen LogP contribution in [-0.4, -0.2) is 23.5 Å². The van der Waals surface area contributed by atoms with Crippen LogP contribution in [0.25, 0.3) is 0 Å². The first kappa shape index (κ1) is 9.11. The second-order valence-electron chi connectivity index (χ2n) is 4.00. The predicted molar refractivity (Wildman–Crippen MR) is 51.0 cm³/mol. The molecule has 70 valence electrons. The normalized spacial score (nSPS) is 34.0. The lowest BCUT2D eigenvalue weighted by molar-refractivity contribution is -0.211. The third-order valence-electron chi connectivity index (χ3n) is 3.14. The van der Waals surface area contributed by atoms with Crippen molar-refractivity contribution >= 4 is 23.2 Å². The number of halogens is 2. The van der Waals surface area contributed by atoms with Gasteiger partial charge in [-0.1, -0.05) is 6.42 Å². The van der Waals surface area contributed by atoms with Crippen LogP contribution in [0.4, 0.5) is 0 Å². The Morgan fingerprint density at radius 3 is 2.17 bits per heavy atom. The summed E-state index contributed by atoms with van der Waals surface area (Å²) in [5.41, 5.74) is -0.177. The Balaban J connectivity index is 1.80. The molecular formula is C9H14Cl2O. The molecule has 2 aliphatic rings. The molecule has 0 N–H and O–H groups in total. The molecule has 1 saturated heterocycles.